The maximum Gasteiger partial charge on any atom is 0.217 e. The summed E-state index contributed by atoms with van der Waals surface area (Å²) in [6.07, 6.45) is 7.35. The van der Waals surface area contributed by atoms with Gasteiger partial charge in [0.1, 0.15) is 5.76 Å². The molecule has 0 saturated carbocycles. The predicted octanol–water partition coefficient (Wildman–Crippen LogP) is 2.77. The summed E-state index contributed by atoms with van der Waals surface area (Å²) in [5, 5.41) is 3.46. The van der Waals surface area contributed by atoms with Crippen molar-refractivity contribution in [3.05, 3.63) is 24.2 Å². The number of primary amides is 1. The van der Waals surface area contributed by atoms with Crippen LogP contribution in [0.1, 0.15) is 44.8 Å². The lowest BCUT2D eigenvalue weighted by Crippen LogP contribution is -2.47. The first-order valence-electron chi connectivity index (χ1n) is 9.03. The van der Waals surface area contributed by atoms with E-state index in [0.29, 0.717) is 12.3 Å². The average molecular weight is 462 g/mol. The second-order valence-electron chi connectivity index (χ2n) is 6.44. The van der Waals surface area contributed by atoms with Crippen molar-refractivity contribution in [2.45, 2.75) is 45.4 Å². The van der Waals surface area contributed by atoms with Gasteiger partial charge in [-0.1, -0.05) is 13.3 Å². The number of piperidine rings is 1. The van der Waals surface area contributed by atoms with Gasteiger partial charge in [-0.25, -0.2) is 0 Å². The average Bonchev–Trinajstić information content (AvgIpc) is 3.06. The van der Waals surface area contributed by atoms with Gasteiger partial charge in [-0.15, -0.1) is 24.0 Å². The third-order valence-electron chi connectivity index (χ3n) is 4.32. The highest BCUT2D eigenvalue weighted by Crippen LogP contribution is 2.19. The molecule has 25 heavy (non-hydrogen) atoms. The van der Waals surface area contributed by atoms with Crippen LogP contribution in [0.3, 0.4) is 0 Å². The van der Waals surface area contributed by atoms with E-state index in [2.05, 4.69) is 17.1 Å². The molecule has 2 heterocycles. The summed E-state index contributed by atoms with van der Waals surface area (Å²) in [4.78, 5) is 18.2. The number of nitrogens with zero attached hydrogens (tertiary/aromatic N) is 2. The molecule has 1 fully saturated rings. The topological polar surface area (TPSA) is 83.9 Å². The molecule has 1 amide bonds. The van der Waals surface area contributed by atoms with E-state index < -0.39 is 0 Å². The number of unbranched alkanes of at least 4 members (excludes halogenated alkanes) is 1. The zero-order valence-electron chi connectivity index (χ0n) is 15.1. The summed E-state index contributed by atoms with van der Waals surface area (Å²) >= 11 is 0. The van der Waals surface area contributed by atoms with Crippen LogP contribution in [0.5, 0.6) is 0 Å². The van der Waals surface area contributed by atoms with Gasteiger partial charge in [0.2, 0.25) is 5.91 Å². The van der Waals surface area contributed by atoms with Crippen LogP contribution in [0.25, 0.3) is 0 Å². The molecule has 3 N–H and O–H groups in total. The molecule has 0 aromatic carbocycles. The van der Waals surface area contributed by atoms with Gasteiger partial charge in [0.05, 0.1) is 6.26 Å². The monoisotopic (exact) mass is 462 g/mol. The van der Waals surface area contributed by atoms with Gasteiger partial charge in [0.25, 0.3) is 0 Å². The second kappa shape index (κ2) is 12.2. The first kappa shape index (κ1) is 21.8. The number of amides is 1. The zero-order valence-corrected chi connectivity index (χ0v) is 17.4. The Kier molecular flexibility index (Phi) is 10.6. The number of halogens is 1. The molecule has 1 unspecified atom stereocenters. The fourth-order valence-electron chi connectivity index (χ4n) is 3.07. The van der Waals surface area contributed by atoms with E-state index in [-0.39, 0.29) is 29.9 Å². The van der Waals surface area contributed by atoms with Gasteiger partial charge in [-0.3, -0.25) is 9.79 Å². The highest BCUT2D eigenvalue weighted by molar-refractivity contribution is 14.0. The molecule has 0 bridgehead atoms. The van der Waals surface area contributed by atoms with Gasteiger partial charge in [-0.2, -0.15) is 0 Å². The fraction of sp³-hybridized carbons (Fsp3) is 0.667. The molecule has 1 aliphatic rings. The number of nitrogens with two attached hydrogens (primary N) is 1. The number of hydrogen-bond acceptors (Lipinski definition) is 3. The number of guanidine groups is 1. The van der Waals surface area contributed by atoms with Crippen molar-refractivity contribution in [2.24, 2.45) is 16.6 Å². The van der Waals surface area contributed by atoms with E-state index in [9.17, 15) is 4.79 Å². The van der Waals surface area contributed by atoms with Crippen molar-refractivity contribution in [1.82, 2.24) is 10.2 Å². The molecule has 2 rings (SSSR count). The number of aliphatic imine (C=N–C) groups is 1. The minimum Gasteiger partial charge on any atom is -0.469 e. The van der Waals surface area contributed by atoms with Crippen LogP contribution in [0.4, 0.5) is 0 Å². The van der Waals surface area contributed by atoms with Gasteiger partial charge in [0, 0.05) is 39.0 Å². The number of nitrogens with one attached hydrogen (secondary N) is 1. The van der Waals surface area contributed by atoms with Crippen molar-refractivity contribution < 1.29 is 9.21 Å². The van der Waals surface area contributed by atoms with E-state index >= 15 is 0 Å². The van der Waals surface area contributed by atoms with Crippen LogP contribution in [0.15, 0.2) is 27.8 Å². The Bertz CT molecular complexity index is 519. The van der Waals surface area contributed by atoms with E-state index in [0.717, 1.165) is 70.0 Å². The Morgan fingerprint density at radius 3 is 3.04 bits per heavy atom. The minimum absolute atomic E-state index is 0. The summed E-state index contributed by atoms with van der Waals surface area (Å²) in [5.41, 5.74) is 5.36. The molecule has 0 aliphatic carbocycles. The molecule has 7 heteroatoms. The predicted molar refractivity (Wildman–Crippen MR) is 111 cm³/mol. The molecule has 6 nitrogen and oxygen atoms in total. The number of likely N-dealkylation sites (tertiary alicyclic amines) is 1. The highest BCUT2D eigenvalue weighted by Gasteiger charge is 2.23. The largest absolute Gasteiger partial charge is 0.469 e. The molecular formula is C18H31IN4O2. The standard InChI is InChI=1S/C18H30N4O2.HI/c1-2-3-9-20-18(21-10-8-16-7-5-12-24-16)22-11-4-6-15(14-22)13-17(19)23;/h5,7,12,15H,2-4,6,8-11,13-14H2,1H3,(H2,19,23)(H,20,21);1H. The number of rotatable bonds is 8. The number of carbonyl (C=O) groups is 1. The quantitative estimate of drug-likeness (QED) is 0.269. The third-order valence-corrected chi connectivity index (χ3v) is 4.32. The van der Waals surface area contributed by atoms with Crippen molar-refractivity contribution in [1.29, 1.82) is 0 Å². The second-order valence-corrected chi connectivity index (χ2v) is 6.44. The lowest BCUT2D eigenvalue weighted by molar-refractivity contribution is -0.119. The van der Waals surface area contributed by atoms with Crippen LogP contribution >= 0.6 is 24.0 Å². The summed E-state index contributed by atoms with van der Waals surface area (Å²) in [5.74, 6) is 2.04. The molecule has 1 saturated heterocycles. The lowest BCUT2D eigenvalue weighted by Gasteiger charge is -2.34. The van der Waals surface area contributed by atoms with E-state index in [1.807, 2.05) is 12.1 Å². The van der Waals surface area contributed by atoms with Crippen LogP contribution in [0, 0.1) is 5.92 Å². The smallest absolute Gasteiger partial charge is 0.217 e. The Hall–Kier alpha value is -1.25. The minimum atomic E-state index is -0.211. The van der Waals surface area contributed by atoms with Crippen LogP contribution in [-0.2, 0) is 11.2 Å². The van der Waals surface area contributed by atoms with Crippen LogP contribution in [-0.4, -0.2) is 42.9 Å². The third kappa shape index (κ3) is 8.11. The molecule has 1 atom stereocenters. The maximum absolute atomic E-state index is 11.2. The zero-order chi connectivity index (χ0) is 17.2. The molecule has 1 aromatic rings. The molecule has 1 aromatic heterocycles. The molecule has 0 spiro atoms. The van der Waals surface area contributed by atoms with Gasteiger partial charge >= 0.3 is 0 Å². The first-order chi connectivity index (χ1) is 11.7. The van der Waals surface area contributed by atoms with Gasteiger partial charge in [-0.05, 0) is 37.3 Å². The number of carbonyl (C=O) groups excluding carboxylic acids is 1. The molecule has 0 radical (unpaired) electrons. The fourth-order valence-corrected chi connectivity index (χ4v) is 3.07. The highest BCUT2D eigenvalue weighted by atomic mass is 127. The summed E-state index contributed by atoms with van der Waals surface area (Å²) in [6.45, 7) is 5.62. The summed E-state index contributed by atoms with van der Waals surface area (Å²) < 4.78 is 5.38. The number of hydrogen-bond donors (Lipinski definition) is 2. The lowest BCUT2D eigenvalue weighted by atomic mass is 9.95. The Balaban J connectivity index is 0.00000312. The summed E-state index contributed by atoms with van der Waals surface area (Å²) in [6, 6.07) is 3.89. The van der Waals surface area contributed by atoms with Gasteiger partial charge < -0.3 is 20.4 Å². The van der Waals surface area contributed by atoms with Crippen molar-refractivity contribution in [3.8, 4) is 0 Å². The van der Waals surface area contributed by atoms with E-state index in [1.165, 1.54) is 0 Å². The molecule has 1 aliphatic heterocycles. The van der Waals surface area contributed by atoms with E-state index in [1.54, 1.807) is 6.26 Å². The van der Waals surface area contributed by atoms with Crippen molar-refractivity contribution in [3.63, 3.8) is 0 Å². The Morgan fingerprint density at radius 2 is 2.36 bits per heavy atom. The van der Waals surface area contributed by atoms with Crippen molar-refractivity contribution >= 4 is 35.8 Å². The Labute approximate surface area is 167 Å². The van der Waals surface area contributed by atoms with Gasteiger partial charge in [0.15, 0.2) is 5.96 Å². The maximum atomic E-state index is 11.2. The summed E-state index contributed by atoms with van der Waals surface area (Å²) in [7, 11) is 0. The van der Waals surface area contributed by atoms with Crippen LogP contribution in [0.2, 0.25) is 0 Å². The Morgan fingerprint density at radius 1 is 1.52 bits per heavy atom. The SMILES string of the molecule is CCCCN=C(NCCc1ccco1)N1CCCC(CC(N)=O)C1.I. The van der Waals surface area contributed by atoms with Crippen LogP contribution < -0.4 is 11.1 Å². The normalized spacial score (nSPS) is 17.9. The molecular weight excluding hydrogens is 431 g/mol. The molecule has 142 valence electrons. The van der Waals surface area contributed by atoms with E-state index in [4.69, 9.17) is 15.1 Å². The first-order valence-corrected chi connectivity index (χ1v) is 9.03. The van der Waals surface area contributed by atoms with Crippen molar-refractivity contribution in [2.75, 3.05) is 26.2 Å². The number of furan rings is 1.